The maximum atomic E-state index is 13.4. The van der Waals surface area contributed by atoms with Crippen LogP contribution in [0.2, 0.25) is 0 Å². The van der Waals surface area contributed by atoms with E-state index in [1.165, 1.54) is 4.90 Å². The highest BCUT2D eigenvalue weighted by atomic mass is 16.4. The van der Waals surface area contributed by atoms with Crippen molar-refractivity contribution in [2.24, 2.45) is 11.8 Å². The van der Waals surface area contributed by atoms with Gasteiger partial charge < -0.3 is 5.11 Å². The zero-order valence-corrected chi connectivity index (χ0v) is 17.8. The summed E-state index contributed by atoms with van der Waals surface area (Å²) in [5.41, 5.74) is 0.316. The molecule has 0 saturated carbocycles. The summed E-state index contributed by atoms with van der Waals surface area (Å²) in [6, 6.07) is 17.3. The number of carbonyl (C=O) groups is 3. The van der Waals surface area contributed by atoms with E-state index in [-0.39, 0.29) is 12.3 Å². The third-order valence-corrected chi connectivity index (χ3v) is 6.59. The second kappa shape index (κ2) is 8.56. The van der Waals surface area contributed by atoms with Gasteiger partial charge in [-0.25, -0.2) is 0 Å². The molecule has 0 bridgehead atoms. The van der Waals surface area contributed by atoms with E-state index < -0.39 is 35.3 Å². The van der Waals surface area contributed by atoms with Gasteiger partial charge >= 0.3 is 5.97 Å². The lowest BCUT2D eigenvalue weighted by Gasteiger charge is -2.31. The Morgan fingerprint density at radius 3 is 2.41 bits per heavy atom. The van der Waals surface area contributed by atoms with Gasteiger partial charge in [0.1, 0.15) is 5.54 Å². The van der Waals surface area contributed by atoms with Crippen LogP contribution in [0, 0.1) is 23.2 Å². The number of benzene rings is 2. The quantitative estimate of drug-likeness (QED) is 0.652. The van der Waals surface area contributed by atoms with Gasteiger partial charge in [-0.2, -0.15) is 5.26 Å². The number of rotatable bonds is 7. The fourth-order valence-corrected chi connectivity index (χ4v) is 5.00. The predicted molar refractivity (Wildman–Crippen MR) is 116 cm³/mol. The zero-order valence-electron chi connectivity index (χ0n) is 17.8. The summed E-state index contributed by atoms with van der Waals surface area (Å²) >= 11 is 0. The number of nitrogens with one attached hydrogen (secondary N) is 1. The molecule has 2 heterocycles. The summed E-state index contributed by atoms with van der Waals surface area (Å²) in [4.78, 5) is 40.8. The third-order valence-electron chi connectivity index (χ3n) is 6.59. The first-order chi connectivity index (χ1) is 15.4. The van der Waals surface area contributed by atoms with Crippen molar-refractivity contribution >= 4 is 17.8 Å². The average Bonchev–Trinajstić information content (AvgIpc) is 3.27. The fraction of sp³-hybridized carbons (Fsp3) is 0.360. The minimum absolute atomic E-state index is 0.0811. The molecule has 2 aromatic rings. The van der Waals surface area contributed by atoms with E-state index in [1.807, 2.05) is 37.3 Å². The molecule has 7 nitrogen and oxygen atoms in total. The van der Waals surface area contributed by atoms with Gasteiger partial charge in [-0.15, -0.1) is 0 Å². The molecule has 2 aliphatic rings. The second-order valence-corrected chi connectivity index (χ2v) is 8.48. The van der Waals surface area contributed by atoms with Crippen molar-refractivity contribution in [1.82, 2.24) is 10.2 Å². The standard InChI is InChI=1S/C25H25N3O4/c1-2-3-13-28-22(29)19-20(23(28)30)25(24(31)32,14-16-7-5-4-6-8-16)27-21(19)18-11-9-17(15-26)10-12-18/h4-12,19-21,27H,2-3,13-14H2,1H3,(H,31,32). The van der Waals surface area contributed by atoms with Crippen molar-refractivity contribution in [1.29, 1.82) is 5.26 Å². The third kappa shape index (κ3) is 3.47. The fourth-order valence-electron chi connectivity index (χ4n) is 5.00. The molecule has 0 aliphatic carbocycles. The number of fused-ring (bicyclic) bond motifs is 1. The molecule has 2 aliphatic heterocycles. The highest BCUT2D eigenvalue weighted by Crippen LogP contribution is 2.50. The Morgan fingerprint density at radius 1 is 1.12 bits per heavy atom. The molecule has 4 unspecified atom stereocenters. The van der Waals surface area contributed by atoms with Crippen molar-refractivity contribution in [3.05, 3.63) is 71.3 Å². The first-order valence-electron chi connectivity index (χ1n) is 10.8. The lowest BCUT2D eigenvalue weighted by atomic mass is 9.76. The zero-order chi connectivity index (χ0) is 22.9. The Kier molecular flexibility index (Phi) is 5.81. The van der Waals surface area contributed by atoms with E-state index in [0.717, 1.165) is 12.0 Å². The number of carboxylic acids is 1. The minimum Gasteiger partial charge on any atom is -0.480 e. The second-order valence-electron chi connectivity index (χ2n) is 8.48. The van der Waals surface area contributed by atoms with Gasteiger partial charge in [-0.1, -0.05) is 55.8 Å². The Balaban J connectivity index is 1.81. The first kappa shape index (κ1) is 21.7. The molecule has 0 radical (unpaired) electrons. The molecule has 2 N–H and O–H groups in total. The van der Waals surface area contributed by atoms with Crippen LogP contribution in [0.3, 0.4) is 0 Å². The van der Waals surface area contributed by atoms with E-state index >= 15 is 0 Å². The Bertz CT molecular complexity index is 1080. The van der Waals surface area contributed by atoms with Crippen LogP contribution < -0.4 is 5.32 Å². The van der Waals surface area contributed by atoms with Gasteiger partial charge in [-0.3, -0.25) is 24.6 Å². The van der Waals surface area contributed by atoms with Gasteiger partial charge in [-0.05, 0) is 29.7 Å². The molecule has 0 aromatic heterocycles. The Hall–Kier alpha value is -3.50. The molecular weight excluding hydrogens is 406 g/mol. The van der Waals surface area contributed by atoms with Crippen LogP contribution in [0.25, 0.3) is 0 Å². The maximum absolute atomic E-state index is 13.4. The predicted octanol–water partition coefficient (Wildman–Crippen LogP) is 2.67. The molecule has 2 fully saturated rings. The van der Waals surface area contributed by atoms with Gasteiger partial charge in [0.2, 0.25) is 11.8 Å². The largest absolute Gasteiger partial charge is 0.480 e. The summed E-state index contributed by atoms with van der Waals surface area (Å²) in [6.07, 6.45) is 1.57. The van der Waals surface area contributed by atoms with E-state index in [1.54, 1.807) is 24.3 Å². The number of amides is 2. The van der Waals surface area contributed by atoms with Crippen LogP contribution in [0.1, 0.15) is 42.5 Å². The maximum Gasteiger partial charge on any atom is 0.325 e. The summed E-state index contributed by atoms with van der Waals surface area (Å²) in [6.45, 7) is 2.27. The monoisotopic (exact) mass is 431 g/mol. The van der Waals surface area contributed by atoms with Gasteiger partial charge in [0.25, 0.3) is 0 Å². The SMILES string of the molecule is CCCCN1C(=O)C2C(c3ccc(C#N)cc3)NC(Cc3ccccc3)(C(=O)O)C2C1=O. The molecular formula is C25H25N3O4. The summed E-state index contributed by atoms with van der Waals surface area (Å²) in [5, 5.41) is 22.7. The molecule has 4 rings (SSSR count). The summed E-state index contributed by atoms with van der Waals surface area (Å²) in [7, 11) is 0. The van der Waals surface area contributed by atoms with Crippen molar-refractivity contribution in [3.63, 3.8) is 0 Å². The van der Waals surface area contributed by atoms with Crippen LogP contribution in [-0.2, 0) is 20.8 Å². The first-order valence-corrected chi connectivity index (χ1v) is 10.8. The van der Waals surface area contributed by atoms with Crippen molar-refractivity contribution in [3.8, 4) is 6.07 Å². The van der Waals surface area contributed by atoms with Crippen LogP contribution >= 0.6 is 0 Å². The van der Waals surface area contributed by atoms with E-state index in [0.29, 0.717) is 24.1 Å². The number of aliphatic carboxylic acids is 1. The molecule has 7 heteroatoms. The smallest absolute Gasteiger partial charge is 0.325 e. The molecule has 32 heavy (non-hydrogen) atoms. The summed E-state index contributed by atoms with van der Waals surface area (Å²) in [5.74, 6) is -3.72. The van der Waals surface area contributed by atoms with Gasteiger partial charge in [0.05, 0.1) is 23.5 Å². The van der Waals surface area contributed by atoms with Crippen LogP contribution in [0.5, 0.6) is 0 Å². The van der Waals surface area contributed by atoms with Gasteiger partial charge in [0, 0.05) is 19.0 Å². The number of carboxylic acid groups (broad SMARTS) is 1. The number of nitrogens with zero attached hydrogens (tertiary/aromatic N) is 2. The number of unbranched alkanes of at least 4 members (excludes halogenated alkanes) is 1. The number of hydrogen-bond donors (Lipinski definition) is 2. The highest BCUT2D eigenvalue weighted by molar-refractivity contribution is 6.09. The molecule has 2 saturated heterocycles. The van der Waals surface area contributed by atoms with E-state index in [4.69, 9.17) is 5.26 Å². The lowest BCUT2D eigenvalue weighted by molar-refractivity contribution is -0.151. The average molecular weight is 431 g/mol. The number of hydrogen-bond acceptors (Lipinski definition) is 5. The van der Waals surface area contributed by atoms with Crippen LogP contribution in [0.15, 0.2) is 54.6 Å². The Morgan fingerprint density at radius 2 is 1.81 bits per heavy atom. The molecule has 2 aromatic carbocycles. The topological polar surface area (TPSA) is 110 Å². The van der Waals surface area contributed by atoms with Crippen molar-refractivity contribution in [2.75, 3.05) is 6.54 Å². The van der Waals surface area contributed by atoms with E-state index in [2.05, 4.69) is 11.4 Å². The van der Waals surface area contributed by atoms with Crippen molar-refractivity contribution < 1.29 is 19.5 Å². The molecule has 4 atom stereocenters. The molecule has 2 amide bonds. The minimum atomic E-state index is -1.61. The molecule has 0 spiro atoms. The van der Waals surface area contributed by atoms with Crippen LogP contribution in [-0.4, -0.2) is 39.9 Å². The van der Waals surface area contributed by atoms with E-state index in [9.17, 15) is 19.5 Å². The number of nitriles is 1. The number of likely N-dealkylation sites (tertiary alicyclic amines) is 1. The van der Waals surface area contributed by atoms with Crippen molar-refractivity contribution in [2.45, 2.75) is 37.8 Å². The Labute approximate surface area is 186 Å². The van der Waals surface area contributed by atoms with Gasteiger partial charge in [0.15, 0.2) is 0 Å². The normalized spacial score (nSPS) is 26.8. The van der Waals surface area contributed by atoms with Crippen LogP contribution in [0.4, 0.5) is 0 Å². The lowest BCUT2D eigenvalue weighted by Crippen LogP contribution is -2.57. The number of carbonyl (C=O) groups excluding carboxylic acids is 2. The number of imide groups is 1. The highest BCUT2D eigenvalue weighted by Gasteiger charge is 2.68. The summed E-state index contributed by atoms with van der Waals surface area (Å²) < 4.78 is 0. The molecule has 164 valence electrons.